The first-order valence-corrected chi connectivity index (χ1v) is 8.36. The molecule has 1 aromatic rings. The van der Waals surface area contributed by atoms with Crippen molar-refractivity contribution in [3.05, 3.63) is 35.4 Å². The Hall–Kier alpha value is -1.62. The lowest BCUT2D eigenvalue weighted by Crippen LogP contribution is -2.03. The molecule has 1 rings (SSSR count). The predicted octanol–water partition coefficient (Wildman–Crippen LogP) is 4.35. The van der Waals surface area contributed by atoms with E-state index >= 15 is 0 Å². The van der Waals surface area contributed by atoms with Gasteiger partial charge in [-0.3, -0.25) is 0 Å². The zero-order valence-electron chi connectivity index (χ0n) is 14.0. The van der Waals surface area contributed by atoms with E-state index < -0.39 is 0 Å². The molecule has 22 heavy (non-hydrogen) atoms. The Kier molecular flexibility index (Phi) is 8.51. The van der Waals surface area contributed by atoms with Crippen LogP contribution in [0.15, 0.2) is 29.4 Å². The number of allylic oxidation sites excluding steroid dienone is 1. The van der Waals surface area contributed by atoms with Crippen LogP contribution in [0.1, 0.15) is 25.0 Å². The van der Waals surface area contributed by atoms with Crippen LogP contribution in [0.25, 0.3) is 0 Å². The summed E-state index contributed by atoms with van der Waals surface area (Å²) in [6.07, 6.45) is 3.96. The van der Waals surface area contributed by atoms with Crippen molar-refractivity contribution in [2.75, 3.05) is 25.4 Å². The summed E-state index contributed by atoms with van der Waals surface area (Å²) >= 11 is 1.66. The first-order valence-electron chi connectivity index (χ1n) is 7.20. The second kappa shape index (κ2) is 10.2. The molecule has 0 spiro atoms. The Morgan fingerprint density at radius 2 is 1.91 bits per heavy atom. The fourth-order valence-electron chi connectivity index (χ4n) is 1.93. The molecule has 0 amide bonds. The summed E-state index contributed by atoms with van der Waals surface area (Å²) in [5.41, 5.74) is 3.11. The topological polar surface area (TPSA) is 40.0 Å². The standard InChI is InChI=1S/C17H25NO3S/c1-6-7-8-20-16-9-13(2)17(14(3)10-16)21-12-22-11-15(4)18-19-5/h6-7,9-10H,8,11-12H2,1-5H3/b7-6+,18-15+. The minimum absolute atomic E-state index is 0.580. The van der Waals surface area contributed by atoms with E-state index in [2.05, 4.69) is 5.16 Å². The van der Waals surface area contributed by atoms with Gasteiger partial charge in [0.2, 0.25) is 0 Å². The van der Waals surface area contributed by atoms with Crippen LogP contribution in [-0.4, -0.2) is 31.1 Å². The fraction of sp³-hybridized carbons (Fsp3) is 0.471. The largest absolute Gasteiger partial charge is 0.490 e. The highest BCUT2D eigenvalue weighted by molar-refractivity contribution is 7.99. The van der Waals surface area contributed by atoms with Crippen molar-refractivity contribution in [2.45, 2.75) is 27.7 Å². The minimum Gasteiger partial charge on any atom is -0.490 e. The van der Waals surface area contributed by atoms with E-state index in [1.54, 1.807) is 18.9 Å². The van der Waals surface area contributed by atoms with Crippen LogP contribution >= 0.6 is 11.8 Å². The van der Waals surface area contributed by atoms with Gasteiger partial charge < -0.3 is 14.3 Å². The van der Waals surface area contributed by atoms with Gasteiger partial charge in [-0.05, 0) is 51.0 Å². The smallest absolute Gasteiger partial charge is 0.134 e. The van der Waals surface area contributed by atoms with Crippen molar-refractivity contribution >= 4 is 17.5 Å². The Balaban J connectivity index is 2.55. The van der Waals surface area contributed by atoms with Gasteiger partial charge in [-0.25, -0.2) is 0 Å². The maximum atomic E-state index is 5.87. The van der Waals surface area contributed by atoms with E-state index in [1.165, 1.54) is 0 Å². The number of hydrogen-bond acceptors (Lipinski definition) is 5. The molecular formula is C17H25NO3S. The minimum atomic E-state index is 0.580. The first-order chi connectivity index (χ1) is 10.6. The van der Waals surface area contributed by atoms with Gasteiger partial charge in [-0.1, -0.05) is 17.3 Å². The van der Waals surface area contributed by atoms with Crippen molar-refractivity contribution in [3.63, 3.8) is 0 Å². The van der Waals surface area contributed by atoms with Crippen LogP contribution in [0.5, 0.6) is 11.5 Å². The lowest BCUT2D eigenvalue weighted by atomic mass is 10.1. The molecule has 0 unspecified atom stereocenters. The molecule has 0 atom stereocenters. The summed E-state index contributed by atoms with van der Waals surface area (Å²) in [7, 11) is 1.55. The van der Waals surface area contributed by atoms with Crippen LogP contribution < -0.4 is 9.47 Å². The number of benzene rings is 1. The predicted molar refractivity (Wildman–Crippen MR) is 94.3 cm³/mol. The molecule has 0 aliphatic rings. The SMILES string of the molecule is C/C=C/COc1cc(C)c(OCSC/C(C)=N/OC)c(C)c1. The molecule has 0 aromatic heterocycles. The average Bonchev–Trinajstić information content (AvgIpc) is 2.46. The normalized spacial score (nSPS) is 11.8. The molecular weight excluding hydrogens is 298 g/mol. The van der Waals surface area contributed by atoms with Gasteiger partial charge in [-0.2, -0.15) is 0 Å². The van der Waals surface area contributed by atoms with Crippen molar-refractivity contribution in [1.29, 1.82) is 0 Å². The molecule has 122 valence electrons. The summed E-state index contributed by atoms with van der Waals surface area (Å²) < 4.78 is 11.5. The molecule has 0 radical (unpaired) electrons. The summed E-state index contributed by atoms with van der Waals surface area (Å²) in [6.45, 7) is 8.57. The molecule has 0 saturated heterocycles. The van der Waals surface area contributed by atoms with Crippen molar-refractivity contribution in [1.82, 2.24) is 0 Å². The quantitative estimate of drug-likeness (QED) is 0.223. The third-order valence-corrected chi connectivity index (χ3v) is 3.77. The van der Waals surface area contributed by atoms with Gasteiger partial charge in [0.15, 0.2) is 0 Å². The molecule has 0 heterocycles. The van der Waals surface area contributed by atoms with Crippen molar-refractivity contribution in [2.24, 2.45) is 5.16 Å². The number of oxime groups is 1. The van der Waals surface area contributed by atoms with Gasteiger partial charge >= 0.3 is 0 Å². The Morgan fingerprint density at radius 3 is 2.50 bits per heavy atom. The highest BCUT2D eigenvalue weighted by Gasteiger charge is 2.07. The van der Waals surface area contributed by atoms with Crippen LogP contribution in [0.4, 0.5) is 0 Å². The van der Waals surface area contributed by atoms with Crippen molar-refractivity contribution in [3.8, 4) is 11.5 Å². The van der Waals surface area contributed by atoms with E-state index in [-0.39, 0.29) is 0 Å². The number of ether oxygens (including phenoxy) is 2. The zero-order valence-corrected chi connectivity index (χ0v) is 14.8. The summed E-state index contributed by atoms with van der Waals surface area (Å²) in [5.74, 6) is 3.16. The molecule has 0 N–H and O–H groups in total. The number of hydrogen-bond donors (Lipinski definition) is 0. The van der Waals surface area contributed by atoms with Crippen LogP contribution in [-0.2, 0) is 4.84 Å². The number of aryl methyl sites for hydroxylation is 2. The van der Waals surface area contributed by atoms with Crippen LogP contribution in [0.2, 0.25) is 0 Å². The fourth-order valence-corrected chi connectivity index (χ4v) is 2.57. The van der Waals surface area contributed by atoms with E-state index in [0.717, 1.165) is 34.1 Å². The molecule has 5 heteroatoms. The Morgan fingerprint density at radius 1 is 1.23 bits per heavy atom. The zero-order chi connectivity index (χ0) is 16.4. The van der Waals surface area contributed by atoms with E-state index in [9.17, 15) is 0 Å². The second-order valence-electron chi connectivity index (χ2n) is 4.89. The monoisotopic (exact) mass is 323 g/mol. The number of rotatable bonds is 9. The molecule has 0 bridgehead atoms. The Bertz CT molecular complexity index is 504. The summed E-state index contributed by atoms with van der Waals surface area (Å²) in [6, 6.07) is 4.02. The molecule has 0 fully saturated rings. The molecule has 0 saturated carbocycles. The van der Waals surface area contributed by atoms with Crippen LogP contribution in [0, 0.1) is 13.8 Å². The average molecular weight is 323 g/mol. The first kappa shape index (κ1) is 18.4. The third kappa shape index (κ3) is 6.43. The van der Waals surface area contributed by atoms with Gasteiger partial charge in [0.25, 0.3) is 0 Å². The summed E-state index contributed by atoms with van der Waals surface area (Å²) in [5, 5.41) is 3.87. The van der Waals surface area contributed by atoms with Crippen molar-refractivity contribution < 1.29 is 14.3 Å². The maximum Gasteiger partial charge on any atom is 0.134 e. The molecule has 1 aromatic carbocycles. The molecule has 4 nitrogen and oxygen atoms in total. The Labute approximate surface area is 137 Å². The van der Waals surface area contributed by atoms with E-state index in [0.29, 0.717) is 12.5 Å². The van der Waals surface area contributed by atoms with Gasteiger partial charge in [-0.15, -0.1) is 11.8 Å². The van der Waals surface area contributed by atoms with E-state index in [1.807, 2.05) is 52.0 Å². The highest BCUT2D eigenvalue weighted by atomic mass is 32.2. The highest BCUT2D eigenvalue weighted by Crippen LogP contribution is 2.29. The molecule has 0 aliphatic carbocycles. The van der Waals surface area contributed by atoms with Gasteiger partial charge in [0.05, 0.1) is 5.71 Å². The number of nitrogens with zero attached hydrogens (tertiary/aromatic N) is 1. The maximum absolute atomic E-state index is 5.87. The lowest BCUT2D eigenvalue weighted by Gasteiger charge is -2.14. The van der Waals surface area contributed by atoms with Gasteiger partial charge in [0.1, 0.15) is 31.2 Å². The lowest BCUT2D eigenvalue weighted by molar-refractivity contribution is 0.213. The van der Waals surface area contributed by atoms with Crippen LogP contribution in [0.3, 0.4) is 0 Å². The third-order valence-electron chi connectivity index (χ3n) is 2.86. The second-order valence-corrected chi connectivity index (χ2v) is 5.82. The van der Waals surface area contributed by atoms with E-state index in [4.69, 9.17) is 14.3 Å². The summed E-state index contributed by atoms with van der Waals surface area (Å²) in [4.78, 5) is 4.73. The van der Waals surface area contributed by atoms with Gasteiger partial charge in [0, 0.05) is 5.75 Å². The number of thioether (sulfide) groups is 1. The molecule has 0 aliphatic heterocycles.